The molecule has 0 atom stereocenters. The van der Waals surface area contributed by atoms with E-state index in [2.05, 4.69) is 20.5 Å². The van der Waals surface area contributed by atoms with E-state index < -0.39 is 0 Å². The van der Waals surface area contributed by atoms with Crippen molar-refractivity contribution >= 4 is 18.2 Å². The Morgan fingerprint density at radius 3 is 2.80 bits per heavy atom. The van der Waals surface area contributed by atoms with Gasteiger partial charge in [-0.05, 0) is 24.4 Å². The SMILES string of the molecule is CN(C)C(=O)NCCn1c(-c2ccncc2)n[nH]c1=S. The van der Waals surface area contributed by atoms with Crippen molar-refractivity contribution < 1.29 is 4.79 Å². The first kappa shape index (κ1) is 14.2. The molecule has 8 heteroatoms. The summed E-state index contributed by atoms with van der Waals surface area (Å²) in [7, 11) is 3.39. The summed E-state index contributed by atoms with van der Waals surface area (Å²) in [5.41, 5.74) is 0.922. The lowest BCUT2D eigenvalue weighted by Gasteiger charge is -2.12. The minimum Gasteiger partial charge on any atom is -0.336 e. The van der Waals surface area contributed by atoms with Gasteiger partial charge in [-0.3, -0.25) is 14.6 Å². The van der Waals surface area contributed by atoms with E-state index in [-0.39, 0.29) is 6.03 Å². The molecule has 0 unspecified atom stereocenters. The maximum atomic E-state index is 11.5. The topological polar surface area (TPSA) is 78.8 Å². The van der Waals surface area contributed by atoms with Crippen LogP contribution in [0.15, 0.2) is 24.5 Å². The van der Waals surface area contributed by atoms with Crippen molar-refractivity contribution in [3.8, 4) is 11.4 Å². The molecule has 0 saturated carbocycles. The average Bonchev–Trinajstić information content (AvgIpc) is 2.81. The highest BCUT2D eigenvalue weighted by molar-refractivity contribution is 7.71. The lowest BCUT2D eigenvalue weighted by molar-refractivity contribution is 0.217. The molecule has 0 bridgehead atoms. The van der Waals surface area contributed by atoms with Crippen LogP contribution < -0.4 is 5.32 Å². The summed E-state index contributed by atoms with van der Waals surface area (Å²) in [5.74, 6) is 0.733. The highest BCUT2D eigenvalue weighted by Crippen LogP contribution is 2.15. The average molecular weight is 292 g/mol. The molecule has 2 N–H and O–H groups in total. The van der Waals surface area contributed by atoms with Crippen molar-refractivity contribution in [2.75, 3.05) is 20.6 Å². The van der Waals surface area contributed by atoms with Gasteiger partial charge in [0.15, 0.2) is 10.6 Å². The Hall–Kier alpha value is -2.22. The van der Waals surface area contributed by atoms with Crippen LogP contribution in [0.25, 0.3) is 11.4 Å². The second kappa shape index (κ2) is 6.29. The van der Waals surface area contributed by atoms with Crippen molar-refractivity contribution in [2.45, 2.75) is 6.54 Å². The zero-order valence-corrected chi connectivity index (χ0v) is 12.1. The predicted octanol–water partition coefficient (Wildman–Crippen LogP) is 1.27. The summed E-state index contributed by atoms with van der Waals surface area (Å²) in [6.45, 7) is 1.02. The number of rotatable bonds is 4. The van der Waals surface area contributed by atoms with Crippen LogP contribution >= 0.6 is 12.2 Å². The normalized spacial score (nSPS) is 10.3. The molecule has 106 valence electrons. The smallest absolute Gasteiger partial charge is 0.316 e. The van der Waals surface area contributed by atoms with Gasteiger partial charge in [-0.2, -0.15) is 5.10 Å². The summed E-state index contributed by atoms with van der Waals surface area (Å²) in [5, 5.41) is 9.77. The number of carbonyl (C=O) groups is 1. The lowest BCUT2D eigenvalue weighted by atomic mass is 10.2. The van der Waals surface area contributed by atoms with Crippen molar-refractivity contribution in [1.29, 1.82) is 0 Å². The molecule has 7 nitrogen and oxygen atoms in total. The molecular weight excluding hydrogens is 276 g/mol. The van der Waals surface area contributed by atoms with Gasteiger partial charge in [-0.15, -0.1) is 0 Å². The van der Waals surface area contributed by atoms with Crippen molar-refractivity contribution in [1.82, 2.24) is 30.0 Å². The fourth-order valence-corrected chi connectivity index (χ4v) is 1.90. The Labute approximate surface area is 121 Å². The van der Waals surface area contributed by atoms with Gasteiger partial charge in [0, 0.05) is 45.1 Å². The molecule has 2 heterocycles. The van der Waals surface area contributed by atoms with Crippen LogP contribution in [0.2, 0.25) is 0 Å². The number of H-pyrrole nitrogens is 1. The molecule has 0 radical (unpaired) electrons. The van der Waals surface area contributed by atoms with Gasteiger partial charge in [-0.1, -0.05) is 0 Å². The maximum absolute atomic E-state index is 11.5. The minimum absolute atomic E-state index is 0.134. The lowest BCUT2D eigenvalue weighted by Crippen LogP contribution is -2.36. The molecule has 2 aromatic heterocycles. The number of hydrogen-bond donors (Lipinski definition) is 2. The number of aromatic amines is 1. The molecular formula is C12H16N6OS. The van der Waals surface area contributed by atoms with Crippen LogP contribution in [-0.4, -0.2) is 51.3 Å². The molecule has 0 aliphatic carbocycles. The van der Waals surface area contributed by atoms with Crippen LogP contribution in [0, 0.1) is 4.77 Å². The van der Waals surface area contributed by atoms with Crippen LogP contribution in [0.3, 0.4) is 0 Å². The van der Waals surface area contributed by atoms with Crippen molar-refractivity contribution in [2.24, 2.45) is 0 Å². The third kappa shape index (κ3) is 3.21. The first-order chi connectivity index (χ1) is 9.59. The molecule has 0 aliphatic rings. The molecule has 2 rings (SSSR count). The van der Waals surface area contributed by atoms with Crippen LogP contribution in [0.4, 0.5) is 4.79 Å². The third-order valence-electron chi connectivity index (χ3n) is 2.71. The summed E-state index contributed by atoms with van der Waals surface area (Å²) < 4.78 is 2.37. The van der Waals surface area contributed by atoms with Crippen LogP contribution in [-0.2, 0) is 6.54 Å². The largest absolute Gasteiger partial charge is 0.336 e. The highest BCUT2D eigenvalue weighted by atomic mass is 32.1. The van der Waals surface area contributed by atoms with Gasteiger partial charge in [0.25, 0.3) is 0 Å². The van der Waals surface area contributed by atoms with E-state index in [4.69, 9.17) is 12.2 Å². The quantitative estimate of drug-likeness (QED) is 0.832. The van der Waals surface area contributed by atoms with Gasteiger partial charge in [0.2, 0.25) is 0 Å². The Balaban J connectivity index is 2.11. The van der Waals surface area contributed by atoms with Gasteiger partial charge in [0.1, 0.15) is 0 Å². The number of nitrogens with one attached hydrogen (secondary N) is 2. The fraction of sp³-hybridized carbons (Fsp3) is 0.333. The Kier molecular flexibility index (Phi) is 4.46. The molecule has 20 heavy (non-hydrogen) atoms. The highest BCUT2D eigenvalue weighted by Gasteiger charge is 2.09. The molecule has 2 aromatic rings. The monoisotopic (exact) mass is 292 g/mol. The summed E-state index contributed by atoms with van der Waals surface area (Å²) in [6.07, 6.45) is 3.40. The van der Waals surface area contributed by atoms with E-state index in [1.54, 1.807) is 26.5 Å². The number of carbonyl (C=O) groups excluding carboxylic acids is 1. The van der Waals surface area contributed by atoms with E-state index in [0.29, 0.717) is 17.9 Å². The summed E-state index contributed by atoms with van der Waals surface area (Å²) in [4.78, 5) is 16.9. The number of hydrogen-bond acceptors (Lipinski definition) is 4. The zero-order valence-electron chi connectivity index (χ0n) is 11.3. The fourth-order valence-electron chi connectivity index (χ4n) is 1.68. The Morgan fingerprint density at radius 2 is 2.15 bits per heavy atom. The Morgan fingerprint density at radius 1 is 1.45 bits per heavy atom. The summed E-state index contributed by atoms with van der Waals surface area (Å²) in [6, 6.07) is 3.59. The van der Waals surface area contributed by atoms with Gasteiger partial charge >= 0.3 is 6.03 Å². The molecule has 0 aliphatic heterocycles. The predicted molar refractivity (Wildman–Crippen MR) is 77.7 cm³/mol. The first-order valence-electron chi connectivity index (χ1n) is 6.10. The standard InChI is InChI=1S/C12H16N6OS/c1-17(2)11(19)14-7-8-18-10(15-16-12(18)20)9-3-5-13-6-4-9/h3-6H,7-8H2,1-2H3,(H,14,19)(H,16,20). The van der Waals surface area contributed by atoms with Gasteiger partial charge in [0.05, 0.1) is 0 Å². The second-order valence-electron chi connectivity index (χ2n) is 4.37. The van der Waals surface area contributed by atoms with Gasteiger partial charge < -0.3 is 10.2 Å². The molecule has 0 fully saturated rings. The molecule has 2 amide bonds. The van der Waals surface area contributed by atoms with E-state index in [0.717, 1.165) is 11.4 Å². The van der Waals surface area contributed by atoms with Crippen LogP contribution in [0.5, 0.6) is 0 Å². The molecule has 0 aromatic carbocycles. The molecule has 0 spiro atoms. The number of nitrogens with zero attached hydrogens (tertiary/aromatic N) is 4. The number of aromatic nitrogens is 4. The summed E-state index contributed by atoms with van der Waals surface area (Å²) >= 11 is 5.21. The number of amides is 2. The van der Waals surface area contributed by atoms with Gasteiger partial charge in [-0.25, -0.2) is 4.79 Å². The third-order valence-corrected chi connectivity index (χ3v) is 3.03. The number of urea groups is 1. The van der Waals surface area contributed by atoms with E-state index in [1.165, 1.54) is 4.90 Å². The number of pyridine rings is 1. The second-order valence-corrected chi connectivity index (χ2v) is 4.75. The van der Waals surface area contributed by atoms with E-state index >= 15 is 0 Å². The molecule has 0 saturated heterocycles. The maximum Gasteiger partial charge on any atom is 0.316 e. The first-order valence-corrected chi connectivity index (χ1v) is 6.51. The van der Waals surface area contributed by atoms with Crippen molar-refractivity contribution in [3.05, 3.63) is 29.3 Å². The van der Waals surface area contributed by atoms with E-state index in [1.807, 2.05) is 16.7 Å². The van der Waals surface area contributed by atoms with Crippen molar-refractivity contribution in [3.63, 3.8) is 0 Å². The minimum atomic E-state index is -0.134. The Bertz CT molecular complexity index is 633. The zero-order chi connectivity index (χ0) is 14.5. The van der Waals surface area contributed by atoms with E-state index in [9.17, 15) is 4.79 Å². The van der Waals surface area contributed by atoms with Crippen LogP contribution in [0.1, 0.15) is 0 Å².